The van der Waals surface area contributed by atoms with Gasteiger partial charge in [-0.2, -0.15) is 0 Å². The fourth-order valence-electron chi connectivity index (χ4n) is 5.34. The monoisotopic (exact) mass is 396 g/mol. The summed E-state index contributed by atoms with van der Waals surface area (Å²) in [5.74, 6) is 1.98. The van der Waals surface area contributed by atoms with Gasteiger partial charge >= 0.3 is 0 Å². The minimum absolute atomic E-state index is 0.417. The molecule has 5 nitrogen and oxygen atoms in total. The standard InChI is InChI=1S/C24H36N4O/c1-4-27(22-15-24(26-16-22)10-6-5-7-11-24)17-20-8-9-23(29-3)21(14-20)18-28-13-12-25-19(28)2/h8-9,12-14,22,26H,4-7,10-11,15-18H2,1-3H3/t22-/m0/s1. The first kappa shape index (κ1) is 20.4. The first-order valence-electron chi connectivity index (χ1n) is 11.2. The van der Waals surface area contributed by atoms with Crippen molar-refractivity contribution in [3.05, 3.63) is 47.5 Å². The molecule has 158 valence electrons. The number of nitrogens with zero attached hydrogens (tertiary/aromatic N) is 3. The third kappa shape index (κ3) is 4.51. The van der Waals surface area contributed by atoms with Gasteiger partial charge in [-0.1, -0.05) is 32.3 Å². The van der Waals surface area contributed by atoms with Gasteiger partial charge in [0.1, 0.15) is 11.6 Å². The fraction of sp³-hybridized carbons (Fsp3) is 0.625. The van der Waals surface area contributed by atoms with E-state index in [2.05, 4.69) is 44.9 Å². The molecule has 1 aliphatic carbocycles. The maximum absolute atomic E-state index is 5.64. The largest absolute Gasteiger partial charge is 0.496 e. The van der Waals surface area contributed by atoms with Gasteiger partial charge in [-0.15, -0.1) is 0 Å². The van der Waals surface area contributed by atoms with E-state index < -0.39 is 0 Å². The maximum Gasteiger partial charge on any atom is 0.123 e. The number of aryl methyl sites for hydroxylation is 1. The van der Waals surface area contributed by atoms with Crippen LogP contribution in [0.5, 0.6) is 5.75 Å². The number of hydrogen-bond donors (Lipinski definition) is 1. The number of imidazole rings is 1. The third-order valence-corrected chi connectivity index (χ3v) is 7.07. The number of ether oxygens (including phenoxy) is 1. The minimum atomic E-state index is 0.417. The fourth-order valence-corrected chi connectivity index (χ4v) is 5.34. The number of hydrogen-bond acceptors (Lipinski definition) is 4. The molecule has 0 unspecified atom stereocenters. The normalized spacial score (nSPS) is 21.2. The van der Waals surface area contributed by atoms with Crippen molar-refractivity contribution in [1.82, 2.24) is 19.8 Å². The summed E-state index contributed by atoms with van der Waals surface area (Å²) in [5, 5.41) is 3.92. The van der Waals surface area contributed by atoms with Gasteiger partial charge in [0.15, 0.2) is 0 Å². The van der Waals surface area contributed by atoms with Crippen molar-refractivity contribution >= 4 is 0 Å². The molecule has 1 N–H and O–H groups in total. The predicted octanol–water partition coefficient (Wildman–Crippen LogP) is 4.14. The molecule has 2 aliphatic rings. The second kappa shape index (κ2) is 8.88. The Morgan fingerprint density at radius 1 is 1.28 bits per heavy atom. The number of benzene rings is 1. The van der Waals surface area contributed by atoms with E-state index in [0.717, 1.165) is 37.8 Å². The Bertz CT molecular complexity index is 809. The lowest BCUT2D eigenvalue weighted by molar-refractivity contribution is 0.188. The number of nitrogens with one attached hydrogen (secondary N) is 1. The lowest BCUT2D eigenvalue weighted by Gasteiger charge is -2.35. The molecule has 0 radical (unpaired) electrons. The van der Waals surface area contributed by atoms with E-state index in [-0.39, 0.29) is 0 Å². The van der Waals surface area contributed by atoms with Gasteiger partial charge in [0.05, 0.1) is 13.7 Å². The van der Waals surface area contributed by atoms with Crippen molar-refractivity contribution in [1.29, 1.82) is 0 Å². The van der Waals surface area contributed by atoms with E-state index >= 15 is 0 Å². The first-order valence-corrected chi connectivity index (χ1v) is 11.2. The molecule has 4 rings (SSSR count). The van der Waals surface area contributed by atoms with Crippen LogP contribution in [0, 0.1) is 6.92 Å². The minimum Gasteiger partial charge on any atom is -0.496 e. The van der Waals surface area contributed by atoms with Crippen LogP contribution in [0.25, 0.3) is 0 Å². The Labute approximate surface area is 175 Å². The lowest BCUT2D eigenvalue weighted by atomic mass is 9.80. The van der Waals surface area contributed by atoms with Crippen LogP contribution in [0.4, 0.5) is 0 Å². The quantitative estimate of drug-likeness (QED) is 0.764. The van der Waals surface area contributed by atoms with Crippen LogP contribution >= 0.6 is 0 Å². The summed E-state index contributed by atoms with van der Waals surface area (Å²) in [6, 6.07) is 7.31. The van der Waals surface area contributed by atoms with E-state index in [9.17, 15) is 0 Å². The molecule has 29 heavy (non-hydrogen) atoms. The molecule has 0 bridgehead atoms. The molecule has 1 saturated carbocycles. The van der Waals surface area contributed by atoms with Crippen molar-refractivity contribution in [2.24, 2.45) is 0 Å². The van der Waals surface area contributed by atoms with Crippen molar-refractivity contribution in [3.63, 3.8) is 0 Å². The second-order valence-corrected chi connectivity index (χ2v) is 8.89. The van der Waals surface area contributed by atoms with Crippen LogP contribution in [0.1, 0.15) is 62.4 Å². The third-order valence-electron chi connectivity index (χ3n) is 7.07. The molecule has 1 aromatic carbocycles. The zero-order valence-electron chi connectivity index (χ0n) is 18.3. The van der Waals surface area contributed by atoms with E-state index in [4.69, 9.17) is 4.74 Å². The van der Waals surface area contributed by atoms with Gasteiger partial charge in [-0.25, -0.2) is 4.98 Å². The number of methoxy groups -OCH3 is 1. The average molecular weight is 397 g/mol. The molecule has 2 aromatic rings. The number of aromatic nitrogens is 2. The smallest absolute Gasteiger partial charge is 0.123 e. The first-order chi connectivity index (χ1) is 14.1. The highest BCUT2D eigenvalue weighted by molar-refractivity contribution is 5.37. The van der Waals surface area contributed by atoms with Crippen molar-refractivity contribution in [3.8, 4) is 5.75 Å². The Morgan fingerprint density at radius 2 is 2.10 bits per heavy atom. The van der Waals surface area contributed by atoms with Gasteiger partial charge in [0.25, 0.3) is 0 Å². The van der Waals surface area contributed by atoms with Crippen molar-refractivity contribution in [2.75, 3.05) is 20.2 Å². The van der Waals surface area contributed by atoms with E-state index in [1.165, 1.54) is 49.7 Å². The van der Waals surface area contributed by atoms with Crippen molar-refractivity contribution in [2.45, 2.75) is 77.0 Å². The van der Waals surface area contributed by atoms with Crippen LogP contribution in [-0.2, 0) is 13.1 Å². The SMILES string of the molecule is CCN(Cc1ccc(OC)c(Cn2ccnc2C)c1)[C@@H]1CNC2(CCCCC2)C1. The Morgan fingerprint density at radius 3 is 2.79 bits per heavy atom. The van der Waals surface area contributed by atoms with Crippen molar-refractivity contribution < 1.29 is 4.74 Å². The highest BCUT2D eigenvalue weighted by atomic mass is 16.5. The molecule has 0 amide bonds. The maximum atomic E-state index is 5.64. The van der Waals surface area contributed by atoms with E-state index in [1.54, 1.807) is 7.11 Å². The highest BCUT2D eigenvalue weighted by Crippen LogP contribution is 2.37. The van der Waals surface area contributed by atoms with Crippen LogP contribution < -0.4 is 10.1 Å². The van der Waals surface area contributed by atoms with Gasteiger partial charge in [0, 0.05) is 42.6 Å². The summed E-state index contributed by atoms with van der Waals surface area (Å²) in [4.78, 5) is 7.01. The summed E-state index contributed by atoms with van der Waals surface area (Å²) in [5.41, 5.74) is 3.00. The van der Waals surface area contributed by atoms with Crippen LogP contribution in [0.15, 0.2) is 30.6 Å². The van der Waals surface area contributed by atoms with Gasteiger partial charge in [-0.3, -0.25) is 4.90 Å². The Balaban J connectivity index is 1.47. The molecule has 5 heteroatoms. The summed E-state index contributed by atoms with van der Waals surface area (Å²) >= 11 is 0. The lowest BCUT2D eigenvalue weighted by Crippen LogP contribution is -2.41. The predicted molar refractivity (Wildman–Crippen MR) is 117 cm³/mol. The summed E-state index contributed by atoms with van der Waals surface area (Å²) in [6.07, 6.45) is 12.1. The van der Waals surface area contributed by atoms with E-state index in [0.29, 0.717) is 11.6 Å². The molecular formula is C24H36N4O. The number of likely N-dealkylation sites (N-methyl/N-ethyl adjacent to an activating group) is 1. The highest BCUT2D eigenvalue weighted by Gasteiger charge is 2.40. The topological polar surface area (TPSA) is 42.3 Å². The molecule has 1 aliphatic heterocycles. The molecule has 1 aromatic heterocycles. The van der Waals surface area contributed by atoms with E-state index in [1.807, 2.05) is 19.3 Å². The molecule has 1 atom stereocenters. The van der Waals surface area contributed by atoms with Crippen LogP contribution in [0.3, 0.4) is 0 Å². The Kier molecular flexibility index (Phi) is 6.26. The van der Waals surface area contributed by atoms with Gasteiger partial charge < -0.3 is 14.6 Å². The van der Waals surface area contributed by atoms with Crippen LogP contribution in [-0.4, -0.2) is 46.2 Å². The summed E-state index contributed by atoms with van der Waals surface area (Å²) in [6.45, 7) is 8.35. The molecule has 1 spiro atoms. The molecule has 2 fully saturated rings. The molecule has 1 saturated heterocycles. The number of rotatable bonds is 7. The van der Waals surface area contributed by atoms with Gasteiger partial charge in [0.2, 0.25) is 0 Å². The summed E-state index contributed by atoms with van der Waals surface area (Å²) in [7, 11) is 1.76. The zero-order chi connectivity index (χ0) is 20.3. The molecule has 2 heterocycles. The molecular weight excluding hydrogens is 360 g/mol. The van der Waals surface area contributed by atoms with Gasteiger partial charge in [-0.05, 0) is 50.4 Å². The average Bonchev–Trinajstić information content (AvgIpc) is 3.33. The Hall–Kier alpha value is -1.85. The summed E-state index contributed by atoms with van der Waals surface area (Å²) < 4.78 is 7.81. The van der Waals surface area contributed by atoms with Crippen LogP contribution in [0.2, 0.25) is 0 Å². The second-order valence-electron chi connectivity index (χ2n) is 8.89. The zero-order valence-corrected chi connectivity index (χ0v) is 18.3.